The summed E-state index contributed by atoms with van der Waals surface area (Å²) in [6, 6.07) is 0. The Morgan fingerprint density at radius 1 is 0.409 bits per heavy atom. The minimum absolute atomic E-state index is 1.00. The molecule has 0 spiro atoms. The molecular formula is C6H2O14Ti2. The van der Waals surface area contributed by atoms with Gasteiger partial charge in [0.05, 0.1) is 35.8 Å². The van der Waals surface area contributed by atoms with Gasteiger partial charge in [0.2, 0.25) is 0 Å². The van der Waals surface area contributed by atoms with Crippen molar-refractivity contribution in [3.63, 3.8) is 0 Å². The van der Waals surface area contributed by atoms with Crippen molar-refractivity contribution < 1.29 is 108 Å². The van der Waals surface area contributed by atoms with Crippen LogP contribution in [0.1, 0.15) is 0 Å². The fraction of sp³-hybridized carbons (Fsp3) is 0. The molecule has 0 bridgehead atoms. The predicted molar refractivity (Wildman–Crippen MR) is 34.5 cm³/mol. The molecule has 0 fully saturated rings. The van der Waals surface area contributed by atoms with Crippen LogP contribution in [0.15, 0.2) is 0 Å². The van der Waals surface area contributed by atoms with Crippen molar-refractivity contribution in [1.82, 2.24) is 0 Å². The van der Waals surface area contributed by atoms with Crippen LogP contribution < -0.4 is 30.6 Å². The normalized spacial score (nSPS) is 6.64. The van der Waals surface area contributed by atoms with Gasteiger partial charge in [-0.15, -0.1) is 0 Å². The van der Waals surface area contributed by atoms with E-state index < -0.39 is 35.8 Å². The van der Waals surface area contributed by atoms with Crippen LogP contribution >= 0.6 is 0 Å². The average molecular weight is 394 g/mol. The van der Waals surface area contributed by atoms with Gasteiger partial charge in [-0.2, -0.15) is 0 Å². The zero-order valence-electron chi connectivity index (χ0n) is 9.79. The van der Waals surface area contributed by atoms with Crippen LogP contribution in [-0.2, 0) is 70.4 Å². The van der Waals surface area contributed by atoms with Gasteiger partial charge >= 0.3 is 49.0 Å². The molecule has 0 saturated carbocycles. The van der Waals surface area contributed by atoms with E-state index in [0.717, 1.165) is 41.6 Å². The Balaban J connectivity index is -0.0000000588. The number of aliphatic carboxylic acids is 6. The number of carbonyl (C=O) groups excluding carboxylic acids is 6. The molecule has 0 aliphatic heterocycles. The van der Waals surface area contributed by atoms with E-state index in [4.69, 9.17) is 66.8 Å². The van der Waals surface area contributed by atoms with Crippen LogP contribution in [-0.4, -0.2) is 43.2 Å². The van der Waals surface area contributed by atoms with Crippen molar-refractivity contribution in [3.05, 3.63) is 0 Å². The second kappa shape index (κ2) is 24.2. The Morgan fingerprint density at radius 2 is 0.455 bits per heavy atom. The van der Waals surface area contributed by atoms with E-state index in [9.17, 15) is 0 Å². The third-order valence-electron chi connectivity index (χ3n) is 0.500. The van der Waals surface area contributed by atoms with Crippen molar-refractivity contribution in [3.8, 4) is 0 Å². The first-order valence-corrected chi connectivity index (χ1v) is 5.04. The predicted octanol–water partition coefficient (Wildman–Crippen LogP) is -11.7. The number of hydrogen-bond acceptors (Lipinski definition) is 14. The third-order valence-corrected chi connectivity index (χ3v) is 0.500. The summed E-state index contributed by atoms with van der Waals surface area (Å²) in [5, 5.41) is 53.6. The van der Waals surface area contributed by atoms with E-state index in [2.05, 4.69) is 0 Å². The Morgan fingerprint density at radius 3 is 0.455 bits per heavy atom. The van der Waals surface area contributed by atoms with E-state index in [0.29, 0.717) is 0 Å². The topological polar surface area (TPSA) is 281 Å². The van der Waals surface area contributed by atoms with E-state index in [1.165, 1.54) is 0 Å². The molecule has 22 heavy (non-hydrogen) atoms. The van der Waals surface area contributed by atoms with Gasteiger partial charge in [0.1, 0.15) is 0 Å². The summed E-state index contributed by atoms with van der Waals surface area (Å²) in [6.07, 6.45) is 0. The van der Waals surface area contributed by atoms with Crippen LogP contribution in [0.2, 0.25) is 0 Å². The number of hydrogen-bond donors (Lipinski definition) is 2. The van der Waals surface area contributed by atoms with Crippen molar-refractivity contribution in [2.75, 3.05) is 0 Å². The molecule has 0 saturated heterocycles. The molecule has 16 heteroatoms. The van der Waals surface area contributed by atoms with E-state index in [1.807, 2.05) is 0 Å². The summed E-state index contributed by atoms with van der Waals surface area (Å²) in [6.45, 7) is 0. The van der Waals surface area contributed by atoms with Gasteiger partial charge in [-0.1, -0.05) is 0 Å². The van der Waals surface area contributed by atoms with Gasteiger partial charge in [-0.25, -0.2) is 0 Å². The molecule has 0 rings (SSSR count). The third kappa shape index (κ3) is 51.8. The molecule has 0 radical (unpaired) electrons. The minimum atomic E-state index is -2.19. The van der Waals surface area contributed by atoms with Crippen molar-refractivity contribution in [2.24, 2.45) is 0 Å². The first-order valence-electron chi connectivity index (χ1n) is 3.65. The van der Waals surface area contributed by atoms with Crippen LogP contribution in [0.25, 0.3) is 0 Å². The zero-order valence-corrected chi connectivity index (χ0v) is 12.9. The molecule has 0 aliphatic rings. The van der Waals surface area contributed by atoms with Crippen LogP contribution in [0.5, 0.6) is 0 Å². The molecule has 118 valence electrons. The molecular weight excluding hydrogens is 392 g/mol. The Hall–Kier alpha value is -1.83. The molecule has 2 N–H and O–H groups in total. The quantitative estimate of drug-likeness (QED) is 0.285. The van der Waals surface area contributed by atoms with Crippen LogP contribution in [0, 0.1) is 0 Å². The van der Waals surface area contributed by atoms with Gasteiger partial charge in [0.25, 0.3) is 0 Å². The van der Waals surface area contributed by atoms with E-state index in [1.54, 1.807) is 0 Å². The first kappa shape index (κ1) is 32.2. The molecule has 0 amide bonds. The molecule has 0 heterocycles. The molecule has 0 aromatic heterocycles. The fourth-order valence-electron chi connectivity index (χ4n) is 0. The van der Waals surface area contributed by atoms with Crippen molar-refractivity contribution >= 4 is 35.8 Å². The molecule has 0 atom stereocenters. The van der Waals surface area contributed by atoms with Crippen LogP contribution in [0.3, 0.4) is 0 Å². The summed E-state index contributed by atoms with van der Waals surface area (Å²) in [5.41, 5.74) is 0. The maximum absolute atomic E-state index is 8.93. The van der Waals surface area contributed by atoms with Gasteiger partial charge in [-0.05, 0) is 0 Å². The molecule has 0 aliphatic carbocycles. The molecule has 0 unspecified atom stereocenters. The fourth-order valence-corrected chi connectivity index (χ4v) is 0. The van der Waals surface area contributed by atoms with Crippen LogP contribution in [0.4, 0.5) is 0 Å². The van der Waals surface area contributed by atoms with E-state index >= 15 is 0 Å². The number of carbonyl (C=O) groups is 6. The Bertz CT molecular complexity index is 282. The summed E-state index contributed by atoms with van der Waals surface area (Å²) in [4.78, 5) is 53.6. The SMILES string of the molecule is O=C([O-])C(=O)[O-].O=C([O-])C(=O)[O-].O=C([O-])C(=O)[O-].[OH][Ti+3].[OH][Ti+3]. The number of carboxylic acids is 6. The summed E-state index contributed by atoms with van der Waals surface area (Å²) >= 11 is 2.00. The Kier molecular flexibility index (Phi) is 35.4. The summed E-state index contributed by atoms with van der Waals surface area (Å²) in [7, 11) is 0. The average Bonchev–Trinajstić information content (AvgIpc) is 2.44. The van der Waals surface area contributed by atoms with E-state index in [-0.39, 0.29) is 0 Å². The number of carboxylic acid groups (broad SMARTS) is 6. The summed E-state index contributed by atoms with van der Waals surface area (Å²) < 4.78 is 14.0. The van der Waals surface area contributed by atoms with Crippen molar-refractivity contribution in [2.45, 2.75) is 0 Å². The second-order valence-corrected chi connectivity index (χ2v) is 1.72. The summed E-state index contributed by atoms with van der Waals surface area (Å²) in [5.74, 6) is -13.1. The van der Waals surface area contributed by atoms with Gasteiger partial charge in [-0.3, -0.25) is 0 Å². The van der Waals surface area contributed by atoms with Crippen molar-refractivity contribution in [1.29, 1.82) is 0 Å². The monoisotopic (exact) mass is 394 g/mol. The molecule has 0 aromatic rings. The second-order valence-electron chi connectivity index (χ2n) is 1.72. The zero-order chi connectivity index (χ0) is 19.5. The van der Waals surface area contributed by atoms with Gasteiger partial charge < -0.3 is 59.4 Å². The standard InChI is InChI=1S/3C2H2O4.2H2O.2Ti/c3*3-1(4)2(5)6;;;;/h3*(H,3,4)(H,5,6);2*1H2;;/q;;;;;2*+4/p-8. The maximum atomic E-state index is 8.93. The Labute approximate surface area is 144 Å². The molecule has 14 nitrogen and oxygen atoms in total. The van der Waals surface area contributed by atoms with Gasteiger partial charge in [0, 0.05) is 0 Å². The molecule has 0 aromatic carbocycles. The number of rotatable bonds is 0. The first-order chi connectivity index (χ1) is 9.93. The van der Waals surface area contributed by atoms with Gasteiger partial charge in [0.15, 0.2) is 0 Å².